The zero-order valence-corrected chi connectivity index (χ0v) is 24.5. The summed E-state index contributed by atoms with van der Waals surface area (Å²) in [4.78, 5) is 2.38. The molecule has 210 valence electrons. The summed E-state index contributed by atoms with van der Waals surface area (Å²) in [5.41, 5.74) is 6.77. The summed E-state index contributed by atoms with van der Waals surface area (Å²) in [5.74, 6) is 3.28. The SMILES string of the molecule is CCN(CC)CCOc1ccc(CCC(C)Nc2cc(OC)ccc2C2CCc3cc(OC)ccc3C2)cc1. The molecule has 4 rings (SSSR count). The Hall–Kier alpha value is -3.18. The number of hydrogen-bond donors (Lipinski definition) is 1. The first-order chi connectivity index (χ1) is 19.0. The summed E-state index contributed by atoms with van der Waals surface area (Å²) in [6, 6.07) is 22.0. The molecule has 5 nitrogen and oxygen atoms in total. The fourth-order valence-electron chi connectivity index (χ4n) is 5.57. The van der Waals surface area contributed by atoms with Gasteiger partial charge in [0.2, 0.25) is 0 Å². The van der Waals surface area contributed by atoms with Gasteiger partial charge in [-0.2, -0.15) is 0 Å². The molecule has 2 atom stereocenters. The highest BCUT2D eigenvalue weighted by atomic mass is 16.5. The first-order valence-corrected chi connectivity index (χ1v) is 14.6. The van der Waals surface area contributed by atoms with Crippen molar-refractivity contribution in [2.75, 3.05) is 45.8 Å². The molecule has 0 fully saturated rings. The van der Waals surface area contributed by atoms with Gasteiger partial charge in [-0.25, -0.2) is 0 Å². The lowest BCUT2D eigenvalue weighted by molar-refractivity contribution is 0.223. The Morgan fingerprint density at radius 1 is 0.872 bits per heavy atom. The van der Waals surface area contributed by atoms with Crippen LogP contribution in [0.25, 0.3) is 0 Å². The number of nitrogens with zero attached hydrogens (tertiary/aromatic N) is 1. The number of nitrogens with one attached hydrogen (secondary N) is 1. The van der Waals surface area contributed by atoms with Crippen LogP contribution in [0.2, 0.25) is 0 Å². The van der Waals surface area contributed by atoms with Gasteiger partial charge in [0.15, 0.2) is 0 Å². The van der Waals surface area contributed by atoms with E-state index in [4.69, 9.17) is 14.2 Å². The topological polar surface area (TPSA) is 43.0 Å². The molecule has 3 aromatic rings. The standard InChI is InChI=1S/C34H46N2O3/c1-6-36(7-2)20-21-39-30-15-10-26(11-16-30)9-8-25(3)35-34-24-32(38-5)18-19-33(34)29-13-12-28-23-31(37-4)17-14-27(28)22-29/h10-11,14-19,23-25,29,35H,6-9,12-13,20-22H2,1-5H3. The minimum Gasteiger partial charge on any atom is -0.497 e. The molecule has 39 heavy (non-hydrogen) atoms. The molecule has 0 aliphatic heterocycles. The number of benzene rings is 3. The maximum Gasteiger partial charge on any atom is 0.120 e. The van der Waals surface area contributed by atoms with Crippen LogP contribution in [0, 0.1) is 0 Å². The fraction of sp³-hybridized carbons (Fsp3) is 0.471. The Balaban J connectivity index is 1.34. The van der Waals surface area contributed by atoms with Crippen LogP contribution in [-0.4, -0.2) is 51.4 Å². The predicted molar refractivity (Wildman–Crippen MR) is 162 cm³/mol. The molecule has 1 aliphatic rings. The molecule has 0 aromatic heterocycles. The van der Waals surface area contributed by atoms with Gasteiger partial charge in [-0.1, -0.05) is 38.1 Å². The monoisotopic (exact) mass is 530 g/mol. The zero-order valence-electron chi connectivity index (χ0n) is 24.5. The number of anilines is 1. The average molecular weight is 531 g/mol. The minimum atomic E-state index is 0.334. The largest absolute Gasteiger partial charge is 0.497 e. The van der Waals surface area contributed by atoms with Crippen molar-refractivity contribution in [3.63, 3.8) is 0 Å². The van der Waals surface area contributed by atoms with Gasteiger partial charge in [0.05, 0.1) is 14.2 Å². The molecule has 3 aromatic carbocycles. The van der Waals surface area contributed by atoms with Crippen molar-refractivity contribution in [2.24, 2.45) is 0 Å². The predicted octanol–water partition coefficient (Wildman–Crippen LogP) is 7.13. The average Bonchev–Trinajstić information content (AvgIpc) is 2.98. The zero-order chi connectivity index (χ0) is 27.6. The molecule has 0 saturated heterocycles. The van der Waals surface area contributed by atoms with Crippen LogP contribution in [0.3, 0.4) is 0 Å². The van der Waals surface area contributed by atoms with Crippen LogP contribution < -0.4 is 19.5 Å². The second-order valence-electron chi connectivity index (χ2n) is 10.6. The van der Waals surface area contributed by atoms with E-state index in [0.29, 0.717) is 12.0 Å². The Bertz CT molecular complexity index is 1170. The second kappa shape index (κ2) is 14.3. The summed E-state index contributed by atoms with van der Waals surface area (Å²) in [7, 11) is 3.48. The highest BCUT2D eigenvalue weighted by Crippen LogP contribution is 2.39. The van der Waals surface area contributed by atoms with Crippen molar-refractivity contribution in [1.82, 2.24) is 4.90 Å². The molecular weight excluding hydrogens is 484 g/mol. The number of aryl methyl sites for hydroxylation is 2. The summed E-state index contributed by atoms with van der Waals surface area (Å²) in [6.45, 7) is 10.5. The van der Waals surface area contributed by atoms with Crippen molar-refractivity contribution in [1.29, 1.82) is 0 Å². The molecule has 1 aliphatic carbocycles. The number of methoxy groups -OCH3 is 2. The summed E-state index contributed by atoms with van der Waals surface area (Å²) >= 11 is 0. The van der Waals surface area contributed by atoms with E-state index in [1.165, 1.54) is 27.9 Å². The summed E-state index contributed by atoms with van der Waals surface area (Å²) in [5, 5.41) is 3.83. The lowest BCUT2D eigenvalue weighted by Crippen LogP contribution is -2.27. The van der Waals surface area contributed by atoms with Crippen LogP contribution in [0.4, 0.5) is 5.69 Å². The molecule has 0 saturated carbocycles. The molecule has 0 bridgehead atoms. The van der Waals surface area contributed by atoms with Gasteiger partial charge in [0, 0.05) is 24.3 Å². The van der Waals surface area contributed by atoms with E-state index in [1.54, 1.807) is 14.2 Å². The Morgan fingerprint density at radius 2 is 1.56 bits per heavy atom. The lowest BCUT2D eigenvalue weighted by Gasteiger charge is -2.28. The molecule has 0 radical (unpaired) electrons. The van der Waals surface area contributed by atoms with Gasteiger partial charge < -0.3 is 24.4 Å². The Labute approximate surface area is 235 Å². The molecular formula is C34H46N2O3. The number of rotatable bonds is 14. The van der Waals surface area contributed by atoms with Crippen molar-refractivity contribution >= 4 is 5.69 Å². The molecule has 1 N–H and O–H groups in total. The molecule has 0 amide bonds. The van der Waals surface area contributed by atoms with Gasteiger partial charge >= 0.3 is 0 Å². The first-order valence-electron chi connectivity index (χ1n) is 14.6. The Kier molecular flexibility index (Phi) is 10.5. The van der Waals surface area contributed by atoms with E-state index in [0.717, 1.165) is 75.6 Å². The highest BCUT2D eigenvalue weighted by Gasteiger charge is 2.23. The number of fused-ring (bicyclic) bond motifs is 1. The van der Waals surface area contributed by atoms with Crippen molar-refractivity contribution in [3.05, 3.63) is 82.9 Å². The van der Waals surface area contributed by atoms with Crippen LogP contribution in [0.1, 0.15) is 61.8 Å². The maximum absolute atomic E-state index is 5.95. The smallest absolute Gasteiger partial charge is 0.120 e. The van der Waals surface area contributed by atoms with Crippen LogP contribution in [0.5, 0.6) is 17.2 Å². The normalized spacial score (nSPS) is 15.5. The van der Waals surface area contributed by atoms with Crippen LogP contribution in [-0.2, 0) is 19.3 Å². The lowest BCUT2D eigenvalue weighted by atomic mass is 9.79. The van der Waals surface area contributed by atoms with Crippen LogP contribution in [0.15, 0.2) is 60.7 Å². The van der Waals surface area contributed by atoms with E-state index >= 15 is 0 Å². The van der Waals surface area contributed by atoms with Gasteiger partial charge in [-0.05, 0) is 111 Å². The third-order valence-corrected chi connectivity index (χ3v) is 8.10. The van der Waals surface area contributed by atoms with Crippen molar-refractivity contribution in [2.45, 2.75) is 64.8 Å². The van der Waals surface area contributed by atoms with Gasteiger partial charge in [-0.15, -0.1) is 0 Å². The fourth-order valence-corrected chi connectivity index (χ4v) is 5.57. The van der Waals surface area contributed by atoms with E-state index in [1.807, 2.05) is 0 Å². The minimum absolute atomic E-state index is 0.334. The number of likely N-dealkylation sites (N-methyl/N-ethyl adjacent to an activating group) is 1. The molecule has 2 unspecified atom stereocenters. The van der Waals surface area contributed by atoms with Crippen molar-refractivity contribution in [3.8, 4) is 17.2 Å². The molecule has 0 spiro atoms. The Morgan fingerprint density at radius 3 is 2.28 bits per heavy atom. The van der Waals surface area contributed by atoms with E-state index < -0.39 is 0 Å². The van der Waals surface area contributed by atoms with Gasteiger partial charge in [-0.3, -0.25) is 0 Å². The van der Waals surface area contributed by atoms with E-state index in [9.17, 15) is 0 Å². The number of ether oxygens (including phenoxy) is 3. The van der Waals surface area contributed by atoms with Gasteiger partial charge in [0.25, 0.3) is 0 Å². The quantitative estimate of drug-likeness (QED) is 0.240. The summed E-state index contributed by atoms with van der Waals surface area (Å²) < 4.78 is 17.0. The van der Waals surface area contributed by atoms with E-state index in [-0.39, 0.29) is 0 Å². The van der Waals surface area contributed by atoms with Gasteiger partial charge in [0.1, 0.15) is 23.9 Å². The number of hydrogen-bond acceptors (Lipinski definition) is 5. The highest BCUT2D eigenvalue weighted by molar-refractivity contribution is 5.58. The molecule has 5 heteroatoms. The maximum atomic E-state index is 5.95. The molecule has 0 heterocycles. The van der Waals surface area contributed by atoms with E-state index in [2.05, 4.69) is 91.7 Å². The third kappa shape index (κ3) is 7.92. The second-order valence-corrected chi connectivity index (χ2v) is 10.6. The van der Waals surface area contributed by atoms with Crippen molar-refractivity contribution < 1.29 is 14.2 Å². The first kappa shape index (κ1) is 28.8. The third-order valence-electron chi connectivity index (χ3n) is 8.10. The summed E-state index contributed by atoms with van der Waals surface area (Å²) in [6.07, 6.45) is 5.34. The van der Waals surface area contributed by atoms with Crippen LogP contribution >= 0.6 is 0 Å².